The zero-order valence-electron chi connectivity index (χ0n) is 18.3. The molecule has 0 saturated carbocycles. The minimum Gasteiger partial charge on any atom is -0.353 e. The number of aromatic nitrogens is 2. The van der Waals surface area contributed by atoms with E-state index in [9.17, 15) is 4.79 Å². The van der Waals surface area contributed by atoms with Gasteiger partial charge >= 0.3 is 0 Å². The van der Waals surface area contributed by atoms with Crippen LogP contribution in [-0.2, 0) is 12.8 Å². The maximum atomic E-state index is 12.9. The number of hydrogen-bond acceptors (Lipinski definition) is 4. The molecule has 1 aromatic heterocycles. The van der Waals surface area contributed by atoms with E-state index in [2.05, 4.69) is 39.9 Å². The summed E-state index contributed by atoms with van der Waals surface area (Å²) in [6.07, 6.45) is 1.60. The van der Waals surface area contributed by atoms with Crippen LogP contribution < -0.4 is 4.90 Å². The number of amides is 1. The monoisotopic (exact) mass is 512 g/mol. The molecular formula is C25H26BrClN4O. The summed E-state index contributed by atoms with van der Waals surface area (Å²) in [6, 6.07) is 15.5. The van der Waals surface area contributed by atoms with Gasteiger partial charge in [-0.15, -0.1) is 0 Å². The van der Waals surface area contributed by atoms with Crippen LogP contribution >= 0.6 is 27.5 Å². The van der Waals surface area contributed by atoms with Crippen LogP contribution in [0.2, 0.25) is 5.02 Å². The third kappa shape index (κ3) is 5.13. The van der Waals surface area contributed by atoms with Crippen LogP contribution in [0.1, 0.15) is 39.9 Å². The van der Waals surface area contributed by atoms with E-state index in [1.165, 1.54) is 5.56 Å². The molecular weight excluding hydrogens is 488 g/mol. The van der Waals surface area contributed by atoms with Crippen molar-refractivity contribution in [3.63, 3.8) is 0 Å². The fraction of sp³-hybridized carbons (Fsp3) is 0.320. The van der Waals surface area contributed by atoms with Gasteiger partial charge in [-0.2, -0.15) is 0 Å². The molecule has 5 nitrogen and oxygen atoms in total. The van der Waals surface area contributed by atoms with Gasteiger partial charge in [0.05, 0.1) is 0 Å². The van der Waals surface area contributed by atoms with Gasteiger partial charge in [0, 0.05) is 58.9 Å². The second-order valence-electron chi connectivity index (χ2n) is 7.97. The third-order valence-corrected chi connectivity index (χ3v) is 6.49. The molecule has 1 saturated heterocycles. The second kappa shape index (κ2) is 10.0. The first-order valence-electron chi connectivity index (χ1n) is 10.8. The van der Waals surface area contributed by atoms with E-state index in [1.54, 1.807) is 0 Å². The zero-order chi connectivity index (χ0) is 22.7. The van der Waals surface area contributed by atoms with E-state index in [4.69, 9.17) is 21.6 Å². The highest BCUT2D eigenvalue weighted by atomic mass is 79.9. The van der Waals surface area contributed by atoms with Crippen molar-refractivity contribution in [1.29, 1.82) is 0 Å². The third-order valence-electron chi connectivity index (χ3n) is 5.75. The zero-order valence-corrected chi connectivity index (χ0v) is 20.7. The SMILES string of the molecule is CCc1nc(C)nc(N2CCN(C(=O)c3cccc(Br)c3)CC2)c1Cc1ccc(Cl)cc1. The molecule has 0 atom stereocenters. The Balaban J connectivity index is 1.55. The molecule has 1 fully saturated rings. The van der Waals surface area contributed by atoms with Crippen molar-refractivity contribution < 1.29 is 4.79 Å². The van der Waals surface area contributed by atoms with Crippen molar-refractivity contribution in [2.75, 3.05) is 31.1 Å². The van der Waals surface area contributed by atoms with Crippen LogP contribution in [-0.4, -0.2) is 47.0 Å². The number of hydrogen-bond donors (Lipinski definition) is 0. The quantitative estimate of drug-likeness (QED) is 0.463. The Morgan fingerprint density at radius 2 is 1.78 bits per heavy atom. The Bertz CT molecular complexity index is 1110. The summed E-state index contributed by atoms with van der Waals surface area (Å²) >= 11 is 9.52. The van der Waals surface area contributed by atoms with Crippen LogP contribution in [0.15, 0.2) is 53.0 Å². The van der Waals surface area contributed by atoms with E-state index >= 15 is 0 Å². The summed E-state index contributed by atoms with van der Waals surface area (Å²) in [6.45, 7) is 6.89. The average molecular weight is 514 g/mol. The number of aryl methyl sites for hydroxylation is 2. The van der Waals surface area contributed by atoms with Crippen molar-refractivity contribution in [3.05, 3.63) is 86.2 Å². The fourth-order valence-electron chi connectivity index (χ4n) is 4.10. The predicted molar refractivity (Wildman–Crippen MR) is 133 cm³/mol. The highest BCUT2D eigenvalue weighted by Gasteiger charge is 2.26. The lowest BCUT2D eigenvalue weighted by Gasteiger charge is -2.36. The van der Waals surface area contributed by atoms with E-state index < -0.39 is 0 Å². The maximum absolute atomic E-state index is 12.9. The van der Waals surface area contributed by atoms with E-state index in [0.717, 1.165) is 58.3 Å². The Morgan fingerprint density at radius 3 is 2.44 bits per heavy atom. The van der Waals surface area contributed by atoms with E-state index in [1.807, 2.05) is 48.2 Å². The number of nitrogens with zero attached hydrogens (tertiary/aromatic N) is 4. The van der Waals surface area contributed by atoms with Gasteiger partial charge in [0.1, 0.15) is 11.6 Å². The largest absolute Gasteiger partial charge is 0.353 e. The minimum absolute atomic E-state index is 0.0699. The number of rotatable bonds is 5. The Morgan fingerprint density at radius 1 is 1.06 bits per heavy atom. The molecule has 0 N–H and O–H groups in total. The molecule has 3 aromatic rings. The van der Waals surface area contributed by atoms with Crippen LogP contribution in [0.3, 0.4) is 0 Å². The van der Waals surface area contributed by atoms with Gasteiger partial charge in [-0.05, 0) is 49.2 Å². The minimum atomic E-state index is 0.0699. The molecule has 4 rings (SSSR count). The normalized spacial score (nSPS) is 14.0. The molecule has 7 heteroatoms. The molecule has 1 aliphatic rings. The molecule has 2 heterocycles. The first-order chi connectivity index (χ1) is 15.4. The summed E-state index contributed by atoms with van der Waals surface area (Å²) in [5, 5.41) is 0.732. The van der Waals surface area contributed by atoms with E-state index in [-0.39, 0.29) is 5.91 Å². The van der Waals surface area contributed by atoms with Gasteiger partial charge in [0.2, 0.25) is 0 Å². The maximum Gasteiger partial charge on any atom is 0.254 e. The lowest BCUT2D eigenvalue weighted by molar-refractivity contribution is 0.0746. The molecule has 0 bridgehead atoms. The van der Waals surface area contributed by atoms with Gasteiger partial charge in [0.25, 0.3) is 5.91 Å². The highest BCUT2D eigenvalue weighted by Crippen LogP contribution is 2.27. The van der Waals surface area contributed by atoms with Gasteiger partial charge in [-0.3, -0.25) is 4.79 Å². The van der Waals surface area contributed by atoms with Crippen molar-refractivity contribution in [2.24, 2.45) is 0 Å². The molecule has 1 aliphatic heterocycles. The van der Waals surface area contributed by atoms with Gasteiger partial charge in [0.15, 0.2) is 0 Å². The Kier molecular flexibility index (Phi) is 7.11. The van der Waals surface area contributed by atoms with Crippen LogP contribution in [0, 0.1) is 6.92 Å². The van der Waals surface area contributed by atoms with Crippen LogP contribution in [0.25, 0.3) is 0 Å². The van der Waals surface area contributed by atoms with Crippen molar-refractivity contribution in [1.82, 2.24) is 14.9 Å². The number of benzene rings is 2. The van der Waals surface area contributed by atoms with Crippen LogP contribution in [0.5, 0.6) is 0 Å². The second-order valence-corrected chi connectivity index (χ2v) is 9.32. The number of anilines is 1. The summed E-state index contributed by atoms with van der Waals surface area (Å²) in [5.41, 5.74) is 4.13. The summed E-state index contributed by atoms with van der Waals surface area (Å²) < 4.78 is 0.914. The van der Waals surface area contributed by atoms with Crippen LogP contribution in [0.4, 0.5) is 5.82 Å². The number of carbonyl (C=O) groups is 1. The number of piperazine rings is 1. The lowest BCUT2D eigenvalue weighted by Crippen LogP contribution is -2.49. The summed E-state index contributed by atoms with van der Waals surface area (Å²) in [4.78, 5) is 26.7. The molecule has 32 heavy (non-hydrogen) atoms. The molecule has 1 amide bonds. The number of carbonyl (C=O) groups excluding carboxylic acids is 1. The predicted octanol–water partition coefficient (Wildman–Crippen LogP) is 5.32. The van der Waals surface area contributed by atoms with E-state index in [0.29, 0.717) is 18.7 Å². The molecule has 166 valence electrons. The number of halogens is 2. The standard InChI is InChI=1S/C25H26BrClN4O/c1-3-23-22(15-18-7-9-21(27)10-8-18)24(29-17(2)28-23)30-11-13-31(14-12-30)25(32)19-5-4-6-20(26)16-19/h4-10,16H,3,11-15H2,1-2H3. The molecule has 2 aromatic carbocycles. The topological polar surface area (TPSA) is 49.3 Å². The van der Waals surface area contributed by atoms with Crippen molar-refractivity contribution in [2.45, 2.75) is 26.7 Å². The molecule has 0 unspecified atom stereocenters. The Labute approximate surface area is 202 Å². The van der Waals surface area contributed by atoms with Crippen molar-refractivity contribution >= 4 is 39.3 Å². The summed E-state index contributed by atoms with van der Waals surface area (Å²) in [7, 11) is 0. The first kappa shape index (κ1) is 22.7. The molecule has 0 radical (unpaired) electrons. The first-order valence-corrected chi connectivity index (χ1v) is 12.0. The lowest BCUT2D eigenvalue weighted by atomic mass is 10.0. The smallest absolute Gasteiger partial charge is 0.254 e. The fourth-order valence-corrected chi connectivity index (χ4v) is 4.63. The molecule has 0 spiro atoms. The van der Waals surface area contributed by atoms with Gasteiger partial charge in [-0.25, -0.2) is 9.97 Å². The average Bonchev–Trinajstić information content (AvgIpc) is 2.81. The van der Waals surface area contributed by atoms with Gasteiger partial charge in [-0.1, -0.05) is 52.7 Å². The van der Waals surface area contributed by atoms with Crippen molar-refractivity contribution in [3.8, 4) is 0 Å². The molecule has 0 aliphatic carbocycles. The van der Waals surface area contributed by atoms with Gasteiger partial charge < -0.3 is 9.80 Å². The Hall–Kier alpha value is -2.44. The highest BCUT2D eigenvalue weighted by molar-refractivity contribution is 9.10. The summed E-state index contributed by atoms with van der Waals surface area (Å²) in [5.74, 6) is 1.84.